The molecule has 0 N–H and O–H groups in total. The molecule has 0 spiro atoms. The molecule has 5 heteroatoms. The maximum absolute atomic E-state index is 13.6. The molecule has 0 aliphatic carbocycles. The summed E-state index contributed by atoms with van der Waals surface area (Å²) in [6, 6.07) is 3.84. The highest BCUT2D eigenvalue weighted by atomic mass is 79.9. The van der Waals surface area contributed by atoms with Gasteiger partial charge in [-0.15, -0.1) is 0 Å². The Kier molecular flexibility index (Phi) is 5.73. The van der Waals surface area contributed by atoms with E-state index in [0.29, 0.717) is 12.1 Å². The molecule has 0 amide bonds. The van der Waals surface area contributed by atoms with Crippen LogP contribution in [0.25, 0.3) is 0 Å². The highest BCUT2D eigenvalue weighted by molar-refractivity contribution is 9.09. The first-order valence-corrected chi connectivity index (χ1v) is 7.76. The number of alkyl halides is 1. The summed E-state index contributed by atoms with van der Waals surface area (Å²) in [6.07, 6.45) is 1.09. The third-order valence-electron chi connectivity index (χ3n) is 3.49. The van der Waals surface area contributed by atoms with Crippen molar-refractivity contribution < 1.29 is 8.78 Å². The van der Waals surface area contributed by atoms with E-state index >= 15 is 0 Å². The molecule has 0 bridgehead atoms. The van der Waals surface area contributed by atoms with Crippen molar-refractivity contribution in [2.75, 3.05) is 38.1 Å². The van der Waals surface area contributed by atoms with Crippen LogP contribution in [0.1, 0.15) is 12.0 Å². The fourth-order valence-electron chi connectivity index (χ4n) is 2.42. The SMILES string of the molecule is Fc1ccc(CN2CCCN(CCBr)CC2)c(F)c1. The first kappa shape index (κ1) is 14.9. The summed E-state index contributed by atoms with van der Waals surface area (Å²) < 4.78 is 26.5. The summed E-state index contributed by atoms with van der Waals surface area (Å²) in [7, 11) is 0. The van der Waals surface area contributed by atoms with Crippen molar-refractivity contribution in [3.8, 4) is 0 Å². The molecule has 0 atom stereocenters. The van der Waals surface area contributed by atoms with Crippen molar-refractivity contribution in [3.05, 3.63) is 35.4 Å². The Bertz CT molecular complexity index is 414. The van der Waals surface area contributed by atoms with Crippen molar-refractivity contribution in [3.63, 3.8) is 0 Å². The second-order valence-electron chi connectivity index (χ2n) is 4.90. The van der Waals surface area contributed by atoms with Gasteiger partial charge in [-0.1, -0.05) is 22.0 Å². The maximum Gasteiger partial charge on any atom is 0.130 e. The van der Waals surface area contributed by atoms with Crippen LogP contribution in [0.5, 0.6) is 0 Å². The van der Waals surface area contributed by atoms with Gasteiger partial charge in [-0.25, -0.2) is 8.78 Å². The van der Waals surface area contributed by atoms with Crippen molar-refractivity contribution in [2.24, 2.45) is 0 Å². The number of halogens is 3. The zero-order chi connectivity index (χ0) is 13.7. The number of hydrogen-bond donors (Lipinski definition) is 0. The normalized spacial score (nSPS) is 18.5. The first-order chi connectivity index (χ1) is 9.19. The van der Waals surface area contributed by atoms with Crippen LogP contribution in [-0.2, 0) is 6.54 Å². The lowest BCUT2D eigenvalue weighted by molar-refractivity contribution is 0.256. The Morgan fingerprint density at radius 3 is 2.53 bits per heavy atom. The molecule has 1 aliphatic rings. The van der Waals surface area contributed by atoms with E-state index < -0.39 is 11.6 Å². The standard InChI is InChI=1S/C14H19BrF2N2/c15-4-7-18-5-1-6-19(9-8-18)11-12-2-3-13(16)10-14(12)17/h2-3,10H,1,4-9,11H2. The van der Waals surface area contributed by atoms with Gasteiger partial charge < -0.3 is 4.90 Å². The van der Waals surface area contributed by atoms with Crippen molar-refractivity contribution in [2.45, 2.75) is 13.0 Å². The minimum Gasteiger partial charge on any atom is -0.301 e. The van der Waals surface area contributed by atoms with Crippen LogP contribution >= 0.6 is 15.9 Å². The summed E-state index contributed by atoms with van der Waals surface area (Å²) in [5, 5.41) is 0.986. The van der Waals surface area contributed by atoms with Crippen LogP contribution in [0.3, 0.4) is 0 Å². The molecule has 1 heterocycles. The molecule has 19 heavy (non-hydrogen) atoms. The molecule has 1 fully saturated rings. The van der Waals surface area contributed by atoms with E-state index in [1.54, 1.807) is 6.07 Å². The molecule has 0 radical (unpaired) electrons. The molecule has 1 aromatic carbocycles. The quantitative estimate of drug-likeness (QED) is 0.782. The average Bonchev–Trinajstić information content (AvgIpc) is 2.59. The van der Waals surface area contributed by atoms with Gasteiger partial charge >= 0.3 is 0 Å². The van der Waals surface area contributed by atoms with Crippen molar-refractivity contribution in [1.82, 2.24) is 9.80 Å². The molecule has 0 saturated carbocycles. The molecular weight excluding hydrogens is 314 g/mol. The van der Waals surface area contributed by atoms with Gasteiger partial charge in [0.25, 0.3) is 0 Å². The molecule has 1 aliphatic heterocycles. The lowest BCUT2D eigenvalue weighted by Gasteiger charge is -2.21. The Labute approximate surface area is 121 Å². The van der Waals surface area contributed by atoms with Gasteiger partial charge in [0.2, 0.25) is 0 Å². The topological polar surface area (TPSA) is 6.48 Å². The third-order valence-corrected chi connectivity index (χ3v) is 3.85. The van der Waals surface area contributed by atoms with E-state index in [2.05, 4.69) is 25.7 Å². The summed E-state index contributed by atoms with van der Waals surface area (Å²) in [5.74, 6) is -0.956. The minimum absolute atomic E-state index is 0.443. The average molecular weight is 333 g/mol. The molecule has 0 aromatic heterocycles. The predicted octanol–water partition coefficient (Wildman–Crippen LogP) is 2.87. The predicted molar refractivity (Wildman–Crippen MR) is 76.5 cm³/mol. The third kappa shape index (κ3) is 4.51. The molecule has 2 rings (SSSR count). The highest BCUT2D eigenvalue weighted by Crippen LogP contribution is 2.14. The van der Waals surface area contributed by atoms with Gasteiger partial charge in [0, 0.05) is 43.1 Å². The van der Waals surface area contributed by atoms with Crippen LogP contribution in [0.15, 0.2) is 18.2 Å². The number of nitrogens with zero attached hydrogens (tertiary/aromatic N) is 2. The first-order valence-electron chi connectivity index (χ1n) is 6.63. The zero-order valence-corrected chi connectivity index (χ0v) is 12.5. The molecule has 2 nitrogen and oxygen atoms in total. The monoisotopic (exact) mass is 332 g/mol. The summed E-state index contributed by atoms with van der Waals surface area (Å²) in [5.41, 5.74) is 0.579. The van der Waals surface area contributed by atoms with Gasteiger partial charge in [0.1, 0.15) is 11.6 Å². The Morgan fingerprint density at radius 1 is 1.05 bits per heavy atom. The fourth-order valence-corrected chi connectivity index (χ4v) is 2.92. The van der Waals surface area contributed by atoms with Gasteiger partial charge in [-0.2, -0.15) is 0 Å². The van der Waals surface area contributed by atoms with Gasteiger partial charge in [0.15, 0.2) is 0 Å². The van der Waals surface area contributed by atoms with E-state index in [4.69, 9.17) is 0 Å². The Balaban J connectivity index is 1.92. The van der Waals surface area contributed by atoms with Crippen LogP contribution in [-0.4, -0.2) is 47.9 Å². The minimum atomic E-state index is -0.513. The zero-order valence-electron chi connectivity index (χ0n) is 10.9. The van der Waals surface area contributed by atoms with Gasteiger partial charge in [-0.3, -0.25) is 4.90 Å². The molecular formula is C14H19BrF2N2. The van der Waals surface area contributed by atoms with Gasteiger partial charge in [0.05, 0.1) is 0 Å². The highest BCUT2D eigenvalue weighted by Gasteiger charge is 2.15. The fraction of sp³-hybridized carbons (Fsp3) is 0.571. The van der Waals surface area contributed by atoms with Crippen molar-refractivity contribution in [1.29, 1.82) is 0 Å². The van der Waals surface area contributed by atoms with Crippen LogP contribution in [0.4, 0.5) is 8.78 Å². The Hall–Kier alpha value is -0.520. The second kappa shape index (κ2) is 7.31. The number of rotatable bonds is 4. The van der Waals surface area contributed by atoms with Gasteiger partial charge in [-0.05, 0) is 25.6 Å². The number of hydrogen-bond acceptors (Lipinski definition) is 2. The van der Waals surface area contributed by atoms with Crippen molar-refractivity contribution >= 4 is 15.9 Å². The van der Waals surface area contributed by atoms with Crippen LogP contribution in [0, 0.1) is 11.6 Å². The van der Waals surface area contributed by atoms with E-state index in [1.807, 2.05) is 0 Å². The molecule has 1 saturated heterocycles. The molecule has 0 unspecified atom stereocenters. The summed E-state index contributed by atoms with van der Waals surface area (Å²) >= 11 is 3.46. The lowest BCUT2D eigenvalue weighted by Crippen LogP contribution is -2.31. The van der Waals surface area contributed by atoms with E-state index in [1.165, 1.54) is 6.07 Å². The Morgan fingerprint density at radius 2 is 1.79 bits per heavy atom. The smallest absolute Gasteiger partial charge is 0.130 e. The van der Waals surface area contributed by atoms with Crippen LogP contribution < -0.4 is 0 Å². The lowest BCUT2D eigenvalue weighted by atomic mass is 10.2. The summed E-state index contributed by atoms with van der Waals surface area (Å²) in [4.78, 5) is 4.65. The van der Waals surface area contributed by atoms with Crippen LogP contribution in [0.2, 0.25) is 0 Å². The summed E-state index contributed by atoms with van der Waals surface area (Å²) in [6.45, 7) is 5.62. The van der Waals surface area contributed by atoms with E-state index in [-0.39, 0.29) is 0 Å². The van der Waals surface area contributed by atoms with E-state index in [0.717, 1.165) is 50.5 Å². The molecule has 106 valence electrons. The van der Waals surface area contributed by atoms with E-state index in [9.17, 15) is 8.78 Å². The second-order valence-corrected chi connectivity index (χ2v) is 5.69. The molecule has 1 aromatic rings. The maximum atomic E-state index is 13.6. The largest absolute Gasteiger partial charge is 0.301 e. The number of benzene rings is 1.